The third-order valence-corrected chi connectivity index (χ3v) is 0.297. The van der Waals surface area contributed by atoms with E-state index < -0.39 is 0 Å². The van der Waals surface area contributed by atoms with Gasteiger partial charge in [0.1, 0.15) is 0 Å². The molecular weight excluding hydrogens is 96.0 g/mol. The van der Waals surface area contributed by atoms with Crippen molar-refractivity contribution >= 4 is 5.97 Å². The van der Waals surface area contributed by atoms with Crippen molar-refractivity contribution in [2.45, 2.75) is 6.92 Å². The zero-order valence-corrected chi connectivity index (χ0v) is 4.32. The van der Waals surface area contributed by atoms with Crippen LogP contribution in [0, 0.1) is 0 Å². The molecule has 2 N–H and O–H groups in total. The van der Waals surface area contributed by atoms with Gasteiger partial charge >= 0.3 is 5.97 Å². The fraction of sp³-hybridized carbons (Fsp3) is 0.667. The third kappa shape index (κ3) is 5.39. The molecule has 7 heavy (non-hydrogen) atoms. The maximum atomic E-state index is 9.88. The predicted octanol–water partition coefficient (Wildman–Crippen LogP) is -0.812. The number of hydrogen-bond acceptors (Lipinski definition) is 4. The van der Waals surface area contributed by atoms with E-state index in [2.05, 4.69) is 15.9 Å². The molecule has 0 amide bonds. The van der Waals surface area contributed by atoms with Gasteiger partial charge < -0.3 is 4.84 Å². The Morgan fingerprint density at radius 3 is 2.43 bits per heavy atom. The summed E-state index contributed by atoms with van der Waals surface area (Å²) in [6.07, 6.45) is 0. The first kappa shape index (κ1) is 6.39. The van der Waals surface area contributed by atoms with Gasteiger partial charge in [-0.15, -0.1) is 0 Å². The molecule has 0 saturated carbocycles. The first-order valence-electron chi connectivity index (χ1n) is 1.86. The smallest absolute Gasteiger partial charge is 0.323 e. The summed E-state index contributed by atoms with van der Waals surface area (Å²) in [4.78, 5) is 14.1. The van der Waals surface area contributed by atoms with Crippen LogP contribution in [0.2, 0.25) is 0 Å². The Morgan fingerprint density at radius 1 is 1.71 bits per heavy atom. The summed E-state index contributed by atoms with van der Waals surface area (Å²) in [5.41, 5.74) is 4.55. The largest absolute Gasteiger partial charge is 0.356 e. The zero-order chi connectivity index (χ0) is 5.70. The Bertz CT molecular complexity index is 64.0. The summed E-state index contributed by atoms with van der Waals surface area (Å²) in [6, 6.07) is 0. The number of hydrogen-bond donors (Lipinski definition) is 2. The van der Waals surface area contributed by atoms with E-state index >= 15 is 0 Å². The first-order valence-corrected chi connectivity index (χ1v) is 1.86. The number of nitrogens with one attached hydrogen (secondary N) is 2. The summed E-state index contributed by atoms with van der Waals surface area (Å²) >= 11 is 0. The summed E-state index contributed by atoms with van der Waals surface area (Å²) in [5, 5.41) is 0. The Balaban J connectivity index is 2.82. The van der Waals surface area contributed by atoms with Gasteiger partial charge in [-0.3, -0.25) is 4.79 Å². The molecule has 0 bridgehead atoms. The average molecular weight is 104 g/mol. The molecule has 0 saturated heterocycles. The fourth-order valence-corrected chi connectivity index (χ4v) is 0.123. The van der Waals surface area contributed by atoms with Crippen LogP contribution in [0.1, 0.15) is 6.92 Å². The third-order valence-electron chi connectivity index (χ3n) is 0.297. The zero-order valence-electron chi connectivity index (χ0n) is 4.32. The molecule has 0 unspecified atom stereocenters. The second-order valence-electron chi connectivity index (χ2n) is 0.946. The van der Waals surface area contributed by atoms with E-state index in [1.54, 1.807) is 7.05 Å². The highest BCUT2D eigenvalue weighted by atomic mass is 16.7. The van der Waals surface area contributed by atoms with Gasteiger partial charge in [0.25, 0.3) is 0 Å². The minimum atomic E-state index is -0.366. The van der Waals surface area contributed by atoms with Crippen LogP contribution in [0.4, 0.5) is 0 Å². The molecule has 0 atom stereocenters. The topological polar surface area (TPSA) is 50.4 Å². The van der Waals surface area contributed by atoms with Crippen LogP contribution in [0.3, 0.4) is 0 Å². The SMILES string of the molecule is CNNOC(C)=O. The molecule has 0 aliphatic carbocycles. The van der Waals surface area contributed by atoms with Gasteiger partial charge in [0, 0.05) is 14.0 Å². The van der Waals surface area contributed by atoms with E-state index in [0.29, 0.717) is 0 Å². The lowest BCUT2D eigenvalue weighted by Gasteiger charge is -1.96. The maximum absolute atomic E-state index is 9.88. The molecule has 0 spiro atoms. The van der Waals surface area contributed by atoms with Crippen molar-refractivity contribution < 1.29 is 9.63 Å². The molecule has 0 aromatic carbocycles. The van der Waals surface area contributed by atoms with Crippen LogP contribution in [0.25, 0.3) is 0 Å². The van der Waals surface area contributed by atoms with Crippen molar-refractivity contribution in [2.24, 2.45) is 0 Å². The van der Waals surface area contributed by atoms with Crippen molar-refractivity contribution in [1.29, 1.82) is 0 Å². The number of rotatable bonds is 2. The van der Waals surface area contributed by atoms with E-state index in [1.165, 1.54) is 6.92 Å². The van der Waals surface area contributed by atoms with Crippen molar-refractivity contribution in [3.8, 4) is 0 Å². The minimum Gasteiger partial charge on any atom is -0.356 e. The van der Waals surface area contributed by atoms with Gasteiger partial charge in [-0.2, -0.15) is 0 Å². The van der Waals surface area contributed by atoms with E-state index in [9.17, 15) is 4.79 Å². The second kappa shape index (κ2) is 3.58. The lowest BCUT2D eigenvalue weighted by atomic mass is 10.8. The molecule has 0 heterocycles. The van der Waals surface area contributed by atoms with Crippen LogP contribution < -0.4 is 11.0 Å². The van der Waals surface area contributed by atoms with E-state index in [-0.39, 0.29) is 5.97 Å². The summed E-state index contributed by atoms with van der Waals surface area (Å²) in [7, 11) is 1.60. The molecule has 0 fully saturated rings. The van der Waals surface area contributed by atoms with Crippen molar-refractivity contribution in [1.82, 2.24) is 11.0 Å². The molecule has 0 aliphatic rings. The molecule has 0 aliphatic heterocycles. The van der Waals surface area contributed by atoms with Crippen LogP contribution in [-0.4, -0.2) is 13.0 Å². The minimum absolute atomic E-state index is 0.366. The molecule has 0 aromatic rings. The van der Waals surface area contributed by atoms with Gasteiger partial charge in [-0.25, -0.2) is 5.43 Å². The molecule has 42 valence electrons. The van der Waals surface area contributed by atoms with Gasteiger partial charge in [0.2, 0.25) is 0 Å². The molecule has 0 rings (SSSR count). The summed E-state index contributed by atoms with van der Waals surface area (Å²) < 4.78 is 0. The Labute approximate surface area is 41.8 Å². The van der Waals surface area contributed by atoms with E-state index in [0.717, 1.165) is 0 Å². The van der Waals surface area contributed by atoms with Crippen molar-refractivity contribution in [2.75, 3.05) is 7.05 Å². The quantitative estimate of drug-likeness (QED) is 0.450. The molecule has 0 radical (unpaired) electrons. The van der Waals surface area contributed by atoms with Gasteiger partial charge in [0.05, 0.1) is 0 Å². The van der Waals surface area contributed by atoms with Crippen molar-refractivity contribution in [3.63, 3.8) is 0 Å². The molecule has 4 heteroatoms. The standard InChI is InChI=1S/C3H8N2O2/c1-3(6)7-5-4-2/h4-5H,1-2H3. The van der Waals surface area contributed by atoms with Crippen LogP contribution >= 0.6 is 0 Å². The summed E-state index contributed by atoms with van der Waals surface area (Å²) in [5.74, 6) is -0.366. The lowest BCUT2D eigenvalue weighted by molar-refractivity contribution is -0.150. The van der Waals surface area contributed by atoms with E-state index in [1.807, 2.05) is 0 Å². The summed E-state index contributed by atoms with van der Waals surface area (Å²) in [6.45, 7) is 1.31. The molecular formula is C3H8N2O2. The van der Waals surface area contributed by atoms with Crippen LogP contribution in [0.5, 0.6) is 0 Å². The van der Waals surface area contributed by atoms with Gasteiger partial charge in [-0.1, -0.05) is 5.59 Å². The number of carbonyl (C=O) groups excluding carboxylic acids is 1. The first-order chi connectivity index (χ1) is 3.27. The van der Waals surface area contributed by atoms with Crippen molar-refractivity contribution in [3.05, 3.63) is 0 Å². The maximum Gasteiger partial charge on any atom is 0.323 e. The Kier molecular flexibility index (Phi) is 3.26. The van der Waals surface area contributed by atoms with Crippen LogP contribution in [-0.2, 0) is 9.63 Å². The lowest BCUT2D eigenvalue weighted by Crippen LogP contribution is -2.29. The number of carbonyl (C=O) groups is 1. The van der Waals surface area contributed by atoms with Gasteiger partial charge in [-0.05, 0) is 0 Å². The van der Waals surface area contributed by atoms with Crippen LogP contribution in [0.15, 0.2) is 0 Å². The Morgan fingerprint density at radius 2 is 2.29 bits per heavy atom. The highest BCUT2D eigenvalue weighted by Crippen LogP contribution is 1.61. The fourth-order valence-electron chi connectivity index (χ4n) is 0.123. The normalized spacial score (nSPS) is 8.29. The highest BCUT2D eigenvalue weighted by molar-refractivity contribution is 5.65. The van der Waals surface area contributed by atoms with E-state index in [4.69, 9.17) is 0 Å². The van der Waals surface area contributed by atoms with Gasteiger partial charge in [0.15, 0.2) is 0 Å². The second-order valence-corrected chi connectivity index (χ2v) is 0.946. The predicted molar refractivity (Wildman–Crippen MR) is 24.0 cm³/mol. The molecule has 4 nitrogen and oxygen atoms in total. The number of hydrazine groups is 1. The highest BCUT2D eigenvalue weighted by Gasteiger charge is 1.84. The Hall–Kier alpha value is -0.610. The average Bonchev–Trinajstić information content (AvgIpc) is 1.61. The monoisotopic (exact) mass is 104 g/mol. The molecule has 0 aromatic heterocycles.